The van der Waals surface area contributed by atoms with Gasteiger partial charge in [-0.3, -0.25) is 4.79 Å². The van der Waals surface area contributed by atoms with E-state index in [4.69, 9.17) is 5.73 Å². The van der Waals surface area contributed by atoms with Gasteiger partial charge in [0, 0.05) is 5.69 Å². The highest BCUT2D eigenvalue weighted by Crippen LogP contribution is 2.09. The van der Waals surface area contributed by atoms with Gasteiger partial charge in [0.25, 0.3) is 5.91 Å². The topological polar surface area (TPSA) is 55.1 Å². The third kappa shape index (κ3) is 1.63. The van der Waals surface area contributed by atoms with Crippen molar-refractivity contribution in [1.29, 1.82) is 0 Å². The fourth-order valence-corrected chi connectivity index (χ4v) is 0.874. The Balaban J connectivity index is 2.94. The van der Waals surface area contributed by atoms with Gasteiger partial charge in [0.15, 0.2) is 0 Å². The fourth-order valence-electron chi connectivity index (χ4n) is 0.874. The lowest BCUT2D eigenvalue weighted by Gasteiger charge is -2.02. The maximum atomic E-state index is 11.2. The molecule has 1 aromatic rings. The molecule has 0 aliphatic carbocycles. The van der Waals surface area contributed by atoms with Crippen LogP contribution in [0.4, 0.5) is 5.69 Å². The molecule has 0 heterocycles. The van der Waals surface area contributed by atoms with Gasteiger partial charge < -0.3 is 11.1 Å². The molecule has 3 heteroatoms. The van der Waals surface area contributed by atoms with Crippen LogP contribution < -0.4 is 11.1 Å². The number of amides is 1. The van der Waals surface area contributed by atoms with Gasteiger partial charge in [-0.2, -0.15) is 0 Å². The number of benzene rings is 1. The number of carbonyl (C=O) groups is 1. The van der Waals surface area contributed by atoms with E-state index in [9.17, 15) is 4.79 Å². The smallest absolute Gasteiger partial charge is 0.257 e. The number of nitrogen functional groups attached to an aromatic ring is 1. The molecule has 1 aromatic carbocycles. The first-order valence-corrected chi connectivity index (χ1v) is 3.52. The normalized spacial score (nSPS) is 9.00. The molecule has 0 aromatic heterocycles. The quantitative estimate of drug-likeness (QED) is 0.641. The monoisotopic (exact) mass is 162 g/mol. The van der Waals surface area contributed by atoms with E-state index in [0.717, 1.165) is 0 Å². The molecule has 3 nitrogen and oxygen atoms in total. The summed E-state index contributed by atoms with van der Waals surface area (Å²) in [6, 6.07) is 6.88. The van der Waals surface area contributed by atoms with Crippen LogP contribution in [0.1, 0.15) is 10.4 Å². The Bertz CT molecular complexity index is 307. The number of hydrogen-bond donors (Lipinski definition) is 2. The maximum absolute atomic E-state index is 11.2. The van der Waals surface area contributed by atoms with Crippen LogP contribution in [0, 0.1) is 0 Å². The van der Waals surface area contributed by atoms with Crippen molar-refractivity contribution in [2.24, 2.45) is 0 Å². The van der Waals surface area contributed by atoms with Gasteiger partial charge in [0.1, 0.15) is 0 Å². The highest BCUT2D eigenvalue weighted by atomic mass is 16.1. The van der Waals surface area contributed by atoms with Crippen molar-refractivity contribution < 1.29 is 4.79 Å². The number of carbonyl (C=O) groups excluding carboxylic acids is 1. The van der Waals surface area contributed by atoms with Crippen LogP contribution in [0.2, 0.25) is 0 Å². The summed E-state index contributed by atoms with van der Waals surface area (Å²) in [7, 11) is 0. The molecular weight excluding hydrogens is 152 g/mol. The zero-order valence-corrected chi connectivity index (χ0v) is 6.58. The van der Waals surface area contributed by atoms with Crippen molar-refractivity contribution in [2.75, 3.05) is 5.73 Å². The molecule has 0 atom stereocenters. The van der Waals surface area contributed by atoms with Crippen LogP contribution in [0.5, 0.6) is 0 Å². The third-order valence-corrected chi connectivity index (χ3v) is 1.44. The lowest BCUT2D eigenvalue weighted by atomic mass is 10.2. The van der Waals surface area contributed by atoms with Crippen molar-refractivity contribution in [3.05, 3.63) is 42.6 Å². The summed E-state index contributed by atoms with van der Waals surface area (Å²) in [4.78, 5) is 11.2. The van der Waals surface area contributed by atoms with Crippen LogP contribution in [-0.4, -0.2) is 5.91 Å². The molecule has 0 aliphatic rings. The van der Waals surface area contributed by atoms with Gasteiger partial charge in [0.05, 0.1) is 5.56 Å². The molecule has 0 saturated heterocycles. The minimum absolute atomic E-state index is 0.233. The van der Waals surface area contributed by atoms with Crippen LogP contribution >= 0.6 is 0 Å². The van der Waals surface area contributed by atoms with Crippen LogP contribution in [0.15, 0.2) is 37.0 Å². The number of rotatable bonds is 2. The van der Waals surface area contributed by atoms with E-state index in [1.807, 2.05) is 0 Å². The average Bonchev–Trinajstić information content (AvgIpc) is 2.05. The Morgan fingerprint density at radius 2 is 2.17 bits per heavy atom. The zero-order valence-electron chi connectivity index (χ0n) is 6.58. The third-order valence-electron chi connectivity index (χ3n) is 1.44. The number of para-hydroxylation sites is 1. The summed E-state index contributed by atoms with van der Waals surface area (Å²) >= 11 is 0. The Morgan fingerprint density at radius 3 is 2.75 bits per heavy atom. The first-order chi connectivity index (χ1) is 5.75. The second-order valence-electron chi connectivity index (χ2n) is 2.26. The van der Waals surface area contributed by atoms with Crippen molar-refractivity contribution in [1.82, 2.24) is 5.32 Å². The number of nitrogens with one attached hydrogen (secondary N) is 1. The standard InChI is InChI=1S/C9H10N2O/c1-2-11-9(12)7-5-3-4-6-8(7)10/h2-6H,1,10H2,(H,11,12). The molecule has 12 heavy (non-hydrogen) atoms. The maximum Gasteiger partial charge on any atom is 0.257 e. The molecule has 0 aliphatic heterocycles. The lowest BCUT2D eigenvalue weighted by molar-refractivity contribution is 0.0971. The summed E-state index contributed by atoms with van der Waals surface area (Å²) in [6.45, 7) is 3.38. The molecule has 1 amide bonds. The van der Waals surface area contributed by atoms with Crippen molar-refractivity contribution in [3.8, 4) is 0 Å². The van der Waals surface area contributed by atoms with Gasteiger partial charge >= 0.3 is 0 Å². The van der Waals surface area contributed by atoms with Crippen molar-refractivity contribution >= 4 is 11.6 Å². The van der Waals surface area contributed by atoms with E-state index in [1.165, 1.54) is 6.20 Å². The van der Waals surface area contributed by atoms with E-state index in [2.05, 4.69) is 11.9 Å². The largest absolute Gasteiger partial charge is 0.398 e. The zero-order chi connectivity index (χ0) is 8.97. The summed E-state index contributed by atoms with van der Waals surface area (Å²) in [5.74, 6) is -0.233. The van der Waals surface area contributed by atoms with Gasteiger partial charge in [-0.05, 0) is 18.3 Å². The van der Waals surface area contributed by atoms with E-state index >= 15 is 0 Å². The SMILES string of the molecule is C=CNC(=O)c1ccccc1N. The first kappa shape index (κ1) is 8.33. The molecule has 0 radical (unpaired) electrons. The molecular formula is C9H10N2O. The summed E-state index contributed by atoms with van der Waals surface area (Å²) < 4.78 is 0. The predicted molar refractivity (Wildman–Crippen MR) is 48.5 cm³/mol. The summed E-state index contributed by atoms with van der Waals surface area (Å²) in [5, 5.41) is 2.45. The molecule has 3 N–H and O–H groups in total. The van der Waals surface area contributed by atoms with Gasteiger partial charge in [0.2, 0.25) is 0 Å². The van der Waals surface area contributed by atoms with Gasteiger partial charge in [-0.25, -0.2) is 0 Å². The highest BCUT2D eigenvalue weighted by Gasteiger charge is 2.05. The second-order valence-corrected chi connectivity index (χ2v) is 2.26. The van der Waals surface area contributed by atoms with Gasteiger partial charge in [-0.1, -0.05) is 18.7 Å². The Hall–Kier alpha value is -1.77. The summed E-state index contributed by atoms with van der Waals surface area (Å²) in [6.07, 6.45) is 1.33. The first-order valence-electron chi connectivity index (χ1n) is 3.52. The molecule has 0 bridgehead atoms. The minimum atomic E-state index is -0.233. The number of anilines is 1. The fraction of sp³-hybridized carbons (Fsp3) is 0. The van der Waals surface area contributed by atoms with E-state index in [1.54, 1.807) is 24.3 Å². The van der Waals surface area contributed by atoms with E-state index < -0.39 is 0 Å². The van der Waals surface area contributed by atoms with Crippen LogP contribution in [-0.2, 0) is 0 Å². The molecule has 1 rings (SSSR count). The summed E-state index contributed by atoms with van der Waals surface area (Å²) in [5.41, 5.74) is 6.50. The van der Waals surface area contributed by atoms with E-state index in [0.29, 0.717) is 11.3 Å². The van der Waals surface area contributed by atoms with Crippen LogP contribution in [0.3, 0.4) is 0 Å². The van der Waals surface area contributed by atoms with Crippen molar-refractivity contribution in [3.63, 3.8) is 0 Å². The van der Waals surface area contributed by atoms with Gasteiger partial charge in [-0.15, -0.1) is 0 Å². The number of nitrogens with two attached hydrogens (primary N) is 1. The molecule has 0 unspecified atom stereocenters. The second kappa shape index (κ2) is 3.57. The van der Waals surface area contributed by atoms with Crippen LogP contribution in [0.25, 0.3) is 0 Å². The Labute approximate surface area is 70.9 Å². The Morgan fingerprint density at radius 1 is 1.50 bits per heavy atom. The Kier molecular flexibility index (Phi) is 2.48. The number of hydrogen-bond acceptors (Lipinski definition) is 2. The molecule has 0 spiro atoms. The predicted octanol–water partition coefficient (Wildman–Crippen LogP) is 1.14. The molecule has 0 fully saturated rings. The highest BCUT2D eigenvalue weighted by molar-refractivity contribution is 5.99. The molecule has 62 valence electrons. The van der Waals surface area contributed by atoms with E-state index in [-0.39, 0.29) is 5.91 Å². The van der Waals surface area contributed by atoms with Crippen molar-refractivity contribution in [2.45, 2.75) is 0 Å². The minimum Gasteiger partial charge on any atom is -0.398 e. The lowest BCUT2D eigenvalue weighted by Crippen LogP contribution is -2.17. The molecule has 0 saturated carbocycles. The average molecular weight is 162 g/mol.